The van der Waals surface area contributed by atoms with Crippen LogP contribution < -0.4 is 5.32 Å². The molecule has 0 bridgehead atoms. The lowest BCUT2D eigenvalue weighted by Gasteiger charge is -2.26. The third-order valence-electron chi connectivity index (χ3n) is 6.66. The minimum atomic E-state index is -3.95. The van der Waals surface area contributed by atoms with Crippen molar-refractivity contribution >= 4 is 49.1 Å². The van der Waals surface area contributed by atoms with Gasteiger partial charge in [-0.05, 0) is 48.9 Å². The Kier molecular flexibility index (Phi) is 8.87. The molecule has 1 aromatic heterocycles. The van der Waals surface area contributed by atoms with Crippen LogP contribution in [-0.4, -0.2) is 36.3 Å². The normalized spacial score (nSPS) is 17.5. The van der Waals surface area contributed by atoms with Gasteiger partial charge in [-0.1, -0.05) is 73.5 Å². The lowest BCUT2D eigenvalue weighted by atomic mass is 9.91. The Hall–Kier alpha value is -2.20. The number of carboxylic acid groups (broad SMARTS) is 1. The molecule has 3 atom stereocenters. The number of carboxylic acids is 1. The standard InChI is InChI=1S/C27H32N2O4S3/c1-3-24(36(32,33)25(28-18(2)26(30)31)20-12-8-5-9-13-20)21-14-15-22-23(16-21)35-27(29-22)34-17-19-10-6-4-7-11-19/h3,5,8-9,12-16,18-19,24-25,28H,1,4,6-7,10-11,17H2,2H3,(H,30,31). The molecule has 6 nitrogen and oxygen atoms in total. The van der Waals surface area contributed by atoms with Gasteiger partial charge >= 0.3 is 5.97 Å². The number of benzene rings is 2. The van der Waals surface area contributed by atoms with Gasteiger partial charge in [0.15, 0.2) is 14.2 Å². The Morgan fingerprint density at radius 2 is 1.92 bits per heavy atom. The van der Waals surface area contributed by atoms with E-state index in [9.17, 15) is 18.3 Å². The van der Waals surface area contributed by atoms with Crippen LogP contribution in [0, 0.1) is 5.92 Å². The number of aliphatic carboxylic acids is 1. The Bertz CT molecular complexity index is 1300. The summed E-state index contributed by atoms with van der Waals surface area (Å²) in [5.74, 6) is 0.700. The van der Waals surface area contributed by atoms with Crippen molar-refractivity contribution in [2.75, 3.05) is 5.75 Å². The maximum absolute atomic E-state index is 13.9. The Labute approximate surface area is 221 Å². The Morgan fingerprint density at radius 1 is 1.19 bits per heavy atom. The summed E-state index contributed by atoms with van der Waals surface area (Å²) in [5, 5.41) is 10.0. The second-order valence-electron chi connectivity index (χ2n) is 9.28. The summed E-state index contributed by atoms with van der Waals surface area (Å²) in [6.45, 7) is 5.26. The van der Waals surface area contributed by atoms with Gasteiger partial charge in [-0.25, -0.2) is 13.4 Å². The monoisotopic (exact) mass is 544 g/mol. The van der Waals surface area contributed by atoms with E-state index in [4.69, 9.17) is 4.98 Å². The number of hydrogen-bond acceptors (Lipinski definition) is 7. The second kappa shape index (κ2) is 11.9. The largest absolute Gasteiger partial charge is 0.480 e. The smallest absolute Gasteiger partial charge is 0.320 e. The fraction of sp³-hybridized carbons (Fsp3) is 0.407. The van der Waals surface area contributed by atoms with Gasteiger partial charge in [0.2, 0.25) is 0 Å². The van der Waals surface area contributed by atoms with E-state index in [1.165, 1.54) is 45.1 Å². The van der Waals surface area contributed by atoms with Crippen molar-refractivity contribution in [3.63, 3.8) is 0 Å². The third-order valence-corrected chi connectivity index (χ3v) is 11.3. The van der Waals surface area contributed by atoms with Crippen LogP contribution in [0.25, 0.3) is 10.2 Å². The van der Waals surface area contributed by atoms with E-state index >= 15 is 0 Å². The van der Waals surface area contributed by atoms with Crippen LogP contribution in [0.3, 0.4) is 0 Å². The Balaban J connectivity index is 1.61. The highest BCUT2D eigenvalue weighted by atomic mass is 32.2. The molecule has 0 spiro atoms. The predicted octanol–water partition coefficient (Wildman–Crippen LogP) is 6.37. The van der Waals surface area contributed by atoms with Gasteiger partial charge in [-0.2, -0.15) is 0 Å². The number of carbonyl (C=O) groups is 1. The Morgan fingerprint density at radius 3 is 2.58 bits per heavy atom. The second-order valence-corrected chi connectivity index (χ2v) is 13.7. The molecular formula is C27H32N2O4S3. The summed E-state index contributed by atoms with van der Waals surface area (Å²) < 4.78 is 29.7. The van der Waals surface area contributed by atoms with Crippen molar-refractivity contribution < 1.29 is 18.3 Å². The third kappa shape index (κ3) is 6.19. The summed E-state index contributed by atoms with van der Waals surface area (Å²) in [4.78, 5) is 16.3. The summed E-state index contributed by atoms with van der Waals surface area (Å²) in [6.07, 6.45) is 7.97. The van der Waals surface area contributed by atoms with E-state index in [1.807, 2.05) is 12.1 Å². The van der Waals surface area contributed by atoms with Crippen LogP contribution in [0.5, 0.6) is 0 Å². The molecule has 36 heavy (non-hydrogen) atoms. The molecule has 1 saturated carbocycles. The van der Waals surface area contributed by atoms with E-state index in [-0.39, 0.29) is 0 Å². The number of fused-ring (bicyclic) bond motifs is 1. The number of nitrogens with zero attached hydrogens (tertiary/aromatic N) is 1. The van der Waals surface area contributed by atoms with Crippen LogP contribution in [-0.2, 0) is 14.6 Å². The van der Waals surface area contributed by atoms with Gasteiger partial charge in [0.25, 0.3) is 0 Å². The molecule has 192 valence electrons. The molecule has 0 amide bonds. The highest BCUT2D eigenvalue weighted by molar-refractivity contribution is 8.01. The number of thioether (sulfide) groups is 1. The van der Waals surface area contributed by atoms with Crippen molar-refractivity contribution in [2.24, 2.45) is 5.92 Å². The highest BCUT2D eigenvalue weighted by Crippen LogP contribution is 2.38. The summed E-state index contributed by atoms with van der Waals surface area (Å²) in [5.41, 5.74) is 1.93. The molecule has 1 heterocycles. The van der Waals surface area contributed by atoms with Crippen LogP contribution in [0.15, 0.2) is 65.5 Å². The number of nitrogens with one attached hydrogen (secondary N) is 1. The van der Waals surface area contributed by atoms with Crippen LogP contribution in [0.1, 0.15) is 60.8 Å². The molecule has 1 aliphatic carbocycles. The molecule has 3 aromatic rings. The van der Waals surface area contributed by atoms with Crippen LogP contribution in [0.4, 0.5) is 0 Å². The van der Waals surface area contributed by atoms with Crippen LogP contribution >= 0.6 is 23.1 Å². The van der Waals surface area contributed by atoms with Gasteiger partial charge in [0.05, 0.1) is 10.2 Å². The number of rotatable bonds is 11. The van der Waals surface area contributed by atoms with E-state index in [0.29, 0.717) is 11.1 Å². The SMILES string of the molecule is C=CC(c1ccc2nc(SCC3CCCCC3)sc2c1)S(=O)(=O)C(NC(C)C(=O)O)c1ccccc1. The minimum Gasteiger partial charge on any atom is -0.480 e. The van der Waals surface area contributed by atoms with E-state index < -0.39 is 32.5 Å². The number of hydrogen-bond donors (Lipinski definition) is 2. The van der Waals surface area contributed by atoms with Crippen molar-refractivity contribution in [1.82, 2.24) is 10.3 Å². The average molecular weight is 545 g/mol. The van der Waals surface area contributed by atoms with Crippen LogP contribution in [0.2, 0.25) is 0 Å². The number of sulfone groups is 1. The molecule has 3 unspecified atom stereocenters. The molecule has 4 rings (SSSR count). The first-order valence-electron chi connectivity index (χ1n) is 12.2. The van der Waals surface area contributed by atoms with Crippen molar-refractivity contribution in [1.29, 1.82) is 0 Å². The molecule has 0 saturated heterocycles. The van der Waals surface area contributed by atoms with E-state index in [0.717, 1.165) is 26.2 Å². The topological polar surface area (TPSA) is 96.4 Å². The first-order chi connectivity index (χ1) is 17.3. The predicted molar refractivity (Wildman–Crippen MR) is 148 cm³/mol. The van der Waals surface area contributed by atoms with Crippen molar-refractivity contribution in [3.8, 4) is 0 Å². The van der Waals surface area contributed by atoms with Gasteiger partial charge in [-0.15, -0.1) is 17.9 Å². The molecular weight excluding hydrogens is 513 g/mol. The average Bonchev–Trinajstić information content (AvgIpc) is 3.29. The van der Waals surface area contributed by atoms with Gasteiger partial charge in [0.1, 0.15) is 16.7 Å². The van der Waals surface area contributed by atoms with Crippen molar-refractivity contribution in [2.45, 2.75) is 60.0 Å². The van der Waals surface area contributed by atoms with E-state index in [1.54, 1.807) is 59.5 Å². The maximum Gasteiger partial charge on any atom is 0.320 e. The van der Waals surface area contributed by atoms with Gasteiger partial charge < -0.3 is 5.11 Å². The maximum atomic E-state index is 13.9. The number of thiazole rings is 1. The molecule has 1 aliphatic rings. The summed E-state index contributed by atoms with van der Waals surface area (Å²) in [6, 6.07) is 13.1. The zero-order valence-electron chi connectivity index (χ0n) is 20.3. The first-order valence-corrected chi connectivity index (χ1v) is 15.6. The lowest BCUT2D eigenvalue weighted by Crippen LogP contribution is -2.41. The minimum absolute atomic E-state index is 0.484. The lowest BCUT2D eigenvalue weighted by molar-refractivity contribution is -0.139. The number of aromatic nitrogens is 1. The van der Waals surface area contributed by atoms with Gasteiger partial charge in [0, 0.05) is 5.75 Å². The summed E-state index contributed by atoms with van der Waals surface area (Å²) >= 11 is 3.38. The highest BCUT2D eigenvalue weighted by Gasteiger charge is 2.36. The fourth-order valence-corrected chi connectivity index (χ4v) is 8.96. The summed E-state index contributed by atoms with van der Waals surface area (Å²) in [7, 11) is -3.95. The van der Waals surface area contributed by atoms with E-state index in [2.05, 4.69) is 11.9 Å². The first kappa shape index (κ1) is 26.9. The van der Waals surface area contributed by atoms with Gasteiger partial charge in [-0.3, -0.25) is 10.1 Å². The molecule has 2 N–H and O–H groups in total. The zero-order valence-corrected chi connectivity index (χ0v) is 22.7. The fourth-order valence-electron chi connectivity index (χ4n) is 4.62. The molecule has 2 aromatic carbocycles. The molecule has 9 heteroatoms. The zero-order chi connectivity index (χ0) is 25.7. The van der Waals surface area contributed by atoms with Crippen molar-refractivity contribution in [3.05, 3.63) is 72.3 Å². The quantitative estimate of drug-likeness (QED) is 0.214. The molecule has 0 aliphatic heterocycles. The molecule has 0 radical (unpaired) electrons. The molecule has 1 fully saturated rings.